The lowest BCUT2D eigenvalue weighted by atomic mass is 10.2. The van der Waals surface area contributed by atoms with Crippen molar-refractivity contribution < 1.29 is 9.18 Å². The van der Waals surface area contributed by atoms with Crippen LogP contribution in [0.2, 0.25) is 5.28 Å². The Kier molecular flexibility index (Phi) is 2.24. The molecule has 2 N–H and O–H groups in total. The van der Waals surface area contributed by atoms with E-state index < -0.39 is 11.7 Å². The number of nitrogens with two attached hydrogens (primary N) is 1. The van der Waals surface area contributed by atoms with Gasteiger partial charge in [-0.3, -0.25) is 4.79 Å². The molecule has 0 aliphatic carbocycles. The van der Waals surface area contributed by atoms with Gasteiger partial charge in [0.05, 0.1) is 5.52 Å². The summed E-state index contributed by atoms with van der Waals surface area (Å²) in [6.07, 6.45) is 0. The Morgan fingerprint density at radius 2 is 2.13 bits per heavy atom. The number of rotatable bonds is 1. The first-order valence-corrected chi connectivity index (χ1v) is 4.38. The van der Waals surface area contributed by atoms with Crippen LogP contribution in [0.25, 0.3) is 10.9 Å². The van der Waals surface area contributed by atoms with Gasteiger partial charge in [-0.15, -0.1) is 0 Å². The minimum atomic E-state index is -0.726. The standard InChI is InChI=1S/C9H5ClFN3O/c10-9-13-6-3-4(11)1-2-5(6)7(14-9)8(12)15/h1-3H,(H2,12,15). The number of primary amides is 1. The molecule has 4 nitrogen and oxygen atoms in total. The zero-order valence-electron chi connectivity index (χ0n) is 7.37. The molecule has 0 aliphatic rings. The topological polar surface area (TPSA) is 68.9 Å². The van der Waals surface area contributed by atoms with E-state index in [1.54, 1.807) is 0 Å². The maximum absolute atomic E-state index is 12.9. The van der Waals surface area contributed by atoms with Crippen molar-refractivity contribution in [2.24, 2.45) is 5.73 Å². The predicted octanol–water partition coefficient (Wildman–Crippen LogP) is 1.52. The van der Waals surface area contributed by atoms with E-state index in [4.69, 9.17) is 17.3 Å². The fourth-order valence-corrected chi connectivity index (χ4v) is 1.44. The van der Waals surface area contributed by atoms with Crippen LogP contribution in [0.1, 0.15) is 10.5 Å². The first-order chi connectivity index (χ1) is 7.08. The van der Waals surface area contributed by atoms with Gasteiger partial charge in [0.25, 0.3) is 5.91 Å². The number of amides is 1. The van der Waals surface area contributed by atoms with E-state index in [0.717, 1.165) is 6.07 Å². The van der Waals surface area contributed by atoms with Crippen molar-refractivity contribution in [1.82, 2.24) is 9.97 Å². The first-order valence-electron chi connectivity index (χ1n) is 4.00. The molecular formula is C9H5ClFN3O. The van der Waals surface area contributed by atoms with Crippen LogP contribution >= 0.6 is 11.6 Å². The maximum Gasteiger partial charge on any atom is 0.268 e. The highest BCUT2D eigenvalue weighted by Gasteiger charge is 2.11. The number of nitrogens with zero attached hydrogens (tertiary/aromatic N) is 2. The molecule has 6 heteroatoms. The maximum atomic E-state index is 12.9. The van der Waals surface area contributed by atoms with Crippen molar-refractivity contribution in [2.75, 3.05) is 0 Å². The zero-order chi connectivity index (χ0) is 11.0. The third-order valence-electron chi connectivity index (χ3n) is 1.87. The molecule has 0 radical (unpaired) electrons. The molecule has 15 heavy (non-hydrogen) atoms. The average Bonchev–Trinajstić information content (AvgIpc) is 2.15. The Hall–Kier alpha value is -1.75. The summed E-state index contributed by atoms with van der Waals surface area (Å²) in [4.78, 5) is 18.5. The zero-order valence-corrected chi connectivity index (χ0v) is 8.12. The molecule has 0 saturated carbocycles. The third kappa shape index (κ3) is 1.73. The van der Waals surface area contributed by atoms with Gasteiger partial charge in [0.1, 0.15) is 11.5 Å². The Morgan fingerprint density at radius 3 is 2.80 bits per heavy atom. The quantitative estimate of drug-likeness (QED) is 0.748. The molecule has 2 rings (SSSR count). The summed E-state index contributed by atoms with van der Waals surface area (Å²) in [7, 11) is 0. The minimum Gasteiger partial charge on any atom is -0.364 e. The highest BCUT2D eigenvalue weighted by molar-refractivity contribution is 6.29. The SMILES string of the molecule is NC(=O)c1nc(Cl)nc2cc(F)ccc12. The fraction of sp³-hybridized carbons (Fsp3) is 0. The molecule has 0 saturated heterocycles. The monoisotopic (exact) mass is 225 g/mol. The molecule has 1 amide bonds. The predicted molar refractivity (Wildman–Crippen MR) is 53.0 cm³/mol. The minimum absolute atomic E-state index is 0.00926. The van der Waals surface area contributed by atoms with Gasteiger partial charge < -0.3 is 5.73 Å². The largest absolute Gasteiger partial charge is 0.364 e. The second-order valence-electron chi connectivity index (χ2n) is 2.87. The van der Waals surface area contributed by atoms with Crippen molar-refractivity contribution >= 4 is 28.4 Å². The van der Waals surface area contributed by atoms with Gasteiger partial charge in [-0.25, -0.2) is 14.4 Å². The third-order valence-corrected chi connectivity index (χ3v) is 2.03. The molecule has 76 valence electrons. The number of halogens is 2. The summed E-state index contributed by atoms with van der Waals surface area (Å²) in [6.45, 7) is 0. The van der Waals surface area contributed by atoms with Crippen LogP contribution in [0.5, 0.6) is 0 Å². The molecular weight excluding hydrogens is 221 g/mol. The Balaban J connectivity index is 2.86. The number of benzene rings is 1. The summed E-state index contributed by atoms with van der Waals surface area (Å²) >= 11 is 5.57. The highest BCUT2D eigenvalue weighted by Crippen LogP contribution is 2.18. The molecule has 0 bridgehead atoms. The summed E-state index contributed by atoms with van der Waals surface area (Å²) < 4.78 is 12.9. The van der Waals surface area contributed by atoms with Crippen molar-refractivity contribution in [3.63, 3.8) is 0 Å². The Bertz CT molecular complexity index is 553. The summed E-state index contributed by atoms with van der Waals surface area (Å²) in [6, 6.07) is 3.75. The molecule has 1 aromatic heterocycles. The van der Waals surface area contributed by atoms with E-state index in [-0.39, 0.29) is 16.5 Å². The first kappa shape index (κ1) is 9.79. The molecule has 1 heterocycles. The van der Waals surface area contributed by atoms with Crippen molar-refractivity contribution in [3.05, 3.63) is 35.0 Å². The lowest BCUT2D eigenvalue weighted by Gasteiger charge is -2.02. The van der Waals surface area contributed by atoms with Gasteiger partial charge >= 0.3 is 0 Å². The summed E-state index contributed by atoms with van der Waals surface area (Å²) in [5.74, 6) is -1.19. The molecule has 0 fully saturated rings. The van der Waals surface area contributed by atoms with Gasteiger partial charge in [0.2, 0.25) is 5.28 Å². The lowest BCUT2D eigenvalue weighted by Crippen LogP contribution is -2.14. The second kappa shape index (κ2) is 3.43. The van der Waals surface area contributed by atoms with Crippen LogP contribution in [0.15, 0.2) is 18.2 Å². The normalized spacial score (nSPS) is 10.5. The van der Waals surface area contributed by atoms with Gasteiger partial charge in [0, 0.05) is 11.5 Å². The van der Waals surface area contributed by atoms with Crippen LogP contribution in [0.3, 0.4) is 0 Å². The van der Waals surface area contributed by atoms with Crippen LogP contribution in [0.4, 0.5) is 4.39 Å². The van der Waals surface area contributed by atoms with E-state index >= 15 is 0 Å². The molecule has 2 aromatic rings. The molecule has 0 aliphatic heterocycles. The number of carbonyl (C=O) groups excluding carboxylic acids is 1. The van der Waals surface area contributed by atoms with Crippen LogP contribution < -0.4 is 5.73 Å². The number of hydrogen-bond donors (Lipinski definition) is 1. The second-order valence-corrected chi connectivity index (χ2v) is 3.21. The average molecular weight is 226 g/mol. The number of hydrogen-bond acceptors (Lipinski definition) is 3. The van der Waals surface area contributed by atoms with Gasteiger partial charge in [0.15, 0.2) is 0 Å². The number of aromatic nitrogens is 2. The highest BCUT2D eigenvalue weighted by atomic mass is 35.5. The van der Waals surface area contributed by atoms with Gasteiger partial charge in [-0.05, 0) is 23.7 Å². The van der Waals surface area contributed by atoms with E-state index in [1.807, 2.05) is 0 Å². The van der Waals surface area contributed by atoms with Crippen LogP contribution in [-0.2, 0) is 0 Å². The molecule has 0 atom stereocenters. The van der Waals surface area contributed by atoms with E-state index in [2.05, 4.69) is 9.97 Å². The van der Waals surface area contributed by atoms with E-state index in [9.17, 15) is 9.18 Å². The number of carbonyl (C=O) groups is 1. The van der Waals surface area contributed by atoms with Gasteiger partial charge in [-0.2, -0.15) is 0 Å². The Morgan fingerprint density at radius 1 is 1.40 bits per heavy atom. The smallest absolute Gasteiger partial charge is 0.268 e. The molecule has 0 spiro atoms. The molecule has 1 aromatic carbocycles. The number of fused-ring (bicyclic) bond motifs is 1. The summed E-state index contributed by atoms with van der Waals surface area (Å²) in [5.41, 5.74) is 5.35. The van der Waals surface area contributed by atoms with Crippen molar-refractivity contribution in [1.29, 1.82) is 0 Å². The van der Waals surface area contributed by atoms with Crippen LogP contribution in [0, 0.1) is 5.82 Å². The Labute approximate surface area is 88.9 Å². The fourth-order valence-electron chi connectivity index (χ4n) is 1.26. The van der Waals surface area contributed by atoms with E-state index in [1.165, 1.54) is 12.1 Å². The van der Waals surface area contributed by atoms with Gasteiger partial charge in [-0.1, -0.05) is 0 Å². The summed E-state index contributed by atoms with van der Waals surface area (Å²) in [5, 5.41) is 0.246. The van der Waals surface area contributed by atoms with E-state index in [0.29, 0.717) is 5.39 Å². The van der Waals surface area contributed by atoms with Crippen LogP contribution in [-0.4, -0.2) is 15.9 Å². The molecule has 0 unspecified atom stereocenters. The van der Waals surface area contributed by atoms with Crippen molar-refractivity contribution in [3.8, 4) is 0 Å². The van der Waals surface area contributed by atoms with Crippen molar-refractivity contribution in [2.45, 2.75) is 0 Å². The lowest BCUT2D eigenvalue weighted by molar-refractivity contribution is 0.0997.